The molecule has 0 radical (unpaired) electrons. The average molecular weight is 394 g/mol. The van der Waals surface area contributed by atoms with Crippen LogP contribution >= 0.6 is 11.3 Å². The number of thiazole rings is 1. The fourth-order valence-electron chi connectivity index (χ4n) is 6.02. The van der Waals surface area contributed by atoms with Crippen molar-refractivity contribution >= 4 is 28.1 Å². The number of anilines is 2. The molecule has 1 amide bonds. The van der Waals surface area contributed by atoms with Gasteiger partial charge in [0.05, 0.1) is 11.1 Å². The summed E-state index contributed by atoms with van der Waals surface area (Å²) in [5.41, 5.74) is 2.81. The van der Waals surface area contributed by atoms with E-state index < -0.39 is 0 Å². The van der Waals surface area contributed by atoms with Crippen molar-refractivity contribution < 1.29 is 4.79 Å². The molecule has 4 aliphatic rings. The zero-order valence-corrected chi connectivity index (χ0v) is 16.9. The summed E-state index contributed by atoms with van der Waals surface area (Å²) in [5, 5.41) is 9.40. The van der Waals surface area contributed by atoms with Gasteiger partial charge >= 0.3 is 0 Å². The molecule has 4 aliphatic carbocycles. The average Bonchev–Trinajstić information content (AvgIpc) is 3.15. The zero-order chi connectivity index (χ0) is 19.1. The number of rotatable bonds is 6. The van der Waals surface area contributed by atoms with Crippen LogP contribution in [0.5, 0.6) is 0 Å². The molecule has 0 atom stereocenters. The summed E-state index contributed by atoms with van der Waals surface area (Å²) in [7, 11) is 0. The molecule has 146 valence electrons. The van der Waals surface area contributed by atoms with Gasteiger partial charge in [-0.1, -0.05) is 18.2 Å². The molecule has 5 heteroatoms. The largest absolute Gasteiger partial charge is 0.358 e. The smallest absolute Gasteiger partial charge is 0.230 e. The standard InChI is InChI=1S/C23H27N3OS/c1-2-7-24-22-26-20(14-28-22)18-3-5-19(6-4-18)25-21(27)23-11-15-8-16(12-23)10-17(9-15)13-23/h2-6,14-17H,1,7-13H2,(H,24,26)(H,25,27). The highest BCUT2D eigenvalue weighted by Crippen LogP contribution is 2.60. The van der Waals surface area contributed by atoms with Crippen molar-refractivity contribution in [3.63, 3.8) is 0 Å². The molecule has 1 heterocycles. The highest BCUT2D eigenvalue weighted by Gasteiger charge is 2.54. The van der Waals surface area contributed by atoms with Crippen molar-refractivity contribution in [1.82, 2.24) is 4.98 Å². The van der Waals surface area contributed by atoms with E-state index >= 15 is 0 Å². The Balaban J connectivity index is 1.27. The van der Waals surface area contributed by atoms with Gasteiger partial charge in [0.25, 0.3) is 0 Å². The molecule has 0 unspecified atom stereocenters. The number of carbonyl (C=O) groups is 1. The van der Waals surface area contributed by atoms with Crippen molar-refractivity contribution in [2.45, 2.75) is 38.5 Å². The van der Waals surface area contributed by atoms with E-state index in [1.807, 2.05) is 30.3 Å². The molecule has 0 spiro atoms. The third kappa shape index (κ3) is 3.26. The van der Waals surface area contributed by atoms with E-state index in [2.05, 4.69) is 27.6 Å². The first kappa shape index (κ1) is 17.9. The predicted molar refractivity (Wildman–Crippen MR) is 115 cm³/mol. The van der Waals surface area contributed by atoms with Gasteiger partial charge in [0.15, 0.2) is 5.13 Å². The maximum absolute atomic E-state index is 13.2. The molecule has 4 nitrogen and oxygen atoms in total. The van der Waals surface area contributed by atoms with Crippen LogP contribution in [0.15, 0.2) is 42.3 Å². The molecule has 4 saturated carbocycles. The molecule has 4 bridgehead atoms. The highest BCUT2D eigenvalue weighted by molar-refractivity contribution is 7.14. The molecule has 0 saturated heterocycles. The molecule has 2 aromatic rings. The lowest BCUT2D eigenvalue weighted by Crippen LogP contribution is -2.51. The Labute approximate surface area is 170 Å². The van der Waals surface area contributed by atoms with Gasteiger partial charge in [-0.25, -0.2) is 4.98 Å². The quantitative estimate of drug-likeness (QED) is 0.632. The number of hydrogen-bond acceptors (Lipinski definition) is 4. The number of aromatic nitrogens is 1. The van der Waals surface area contributed by atoms with Gasteiger partial charge < -0.3 is 10.6 Å². The molecular weight excluding hydrogens is 366 g/mol. The summed E-state index contributed by atoms with van der Waals surface area (Å²) >= 11 is 1.59. The van der Waals surface area contributed by atoms with E-state index in [9.17, 15) is 4.79 Å². The van der Waals surface area contributed by atoms with Crippen LogP contribution in [0.4, 0.5) is 10.8 Å². The summed E-state index contributed by atoms with van der Waals surface area (Å²) in [4.78, 5) is 17.8. The number of hydrogen-bond donors (Lipinski definition) is 2. The number of nitrogens with zero attached hydrogens (tertiary/aromatic N) is 1. The molecule has 1 aromatic heterocycles. The Bertz CT molecular complexity index is 850. The maximum atomic E-state index is 13.2. The molecular formula is C23H27N3OS. The normalized spacial score (nSPS) is 30.2. The second kappa shape index (κ2) is 7.03. The maximum Gasteiger partial charge on any atom is 0.230 e. The molecule has 6 rings (SSSR count). The van der Waals surface area contributed by atoms with Crippen molar-refractivity contribution in [1.29, 1.82) is 0 Å². The Morgan fingerprint density at radius 1 is 1.14 bits per heavy atom. The monoisotopic (exact) mass is 393 g/mol. The van der Waals surface area contributed by atoms with Gasteiger partial charge in [0.1, 0.15) is 0 Å². The molecule has 2 N–H and O–H groups in total. The Morgan fingerprint density at radius 2 is 1.79 bits per heavy atom. The fraction of sp³-hybridized carbons (Fsp3) is 0.478. The molecule has 1 aromatic carbocycles. The minimum atomic E-state index is -0.103. The predicted octanol–water partition coefficient (Wildman–Crippen LogP) is 5.56. The van der Waals surface area contributed by atoms with Crippen LogP contribution in [0.3, 0.4) is 0 Å². The van der Waals surface area contributed by atoms with Crippen LogP contribution in [0.2, 0.25) is 0 Å². The third-order valence-corrected chi connectivity index (χ3v) is 7.66. The van der Waals surface area contributed by atoms with Gasteiger partial charge in [-0.3, -0.25) is 4.79 Å². The first-order chi connectivity index (χ1) is 13.6. The van der Waals surface area contributed by atoms with Crippen molar-refractivity contribution in [3.8, 4) is 11.3 Å². The Morgan fingerprint density at radius 3 is 2.39 bits per heavy atom. The van der Waals surface area contributed by atoms with Gasteiger partial charge in [-0.15, -0.1) is 17.9 Å². The summed E-state index contributed by atoms with van der Waals surface area (Å²) in [6.45, 7) is 4.42. The summed E-state index contributed by atoms with van der Waals surface area (Å²) in [5.74, 6) is 2.61. The molecule has 4 fully saturated rings. The van der Waals surface area contributed by atoms with Crippen LogP contribution in [0.1, 0.15) is 38.5 Å². The van der Waals surface area contributed by atoms with Crippen molar-refractivity contribution in [3.05, 3.63) is 42.3 Å². The summed E-state index contributed by atoms with van der Waals surface area (Å²) in [6.07, 6.45) is 9.20. The van der Waals surface area contributed by atoms with Crippen LogP contribution in [-0.4, -0.2) is 17.4 Å². The van der Waals surface area contributed by atoms with E-state index in [0.29, 0.717) is 6.54 Å². The van der Waals surface area contributed by atoms with Crippen LogP contribution in [0.25, 0.3) is 11.3 Å². The van der Waals surface area contributed by atoms with Crippen LogP contribution in [0, 0.1) is 23.2 Å². The number of carbonyl (C=O) groups excluding carboxylic acids is 1. The summed E-state index contributed by atoms with van der Waals surface area (Å²) < 4.78 is 0. The van der Waals surface area contributed by atoms with E-state index in [1.54, 1.807) is 11.3 Å². The minimum Gasteiger partial charge on any atom is -0.358 e. The van der Waals surface area contributed by atoms with Crippen LogP contribution < -0.4 is 10.6 Å². The number of benzene rings is 1. The van der Waals surface area contributed by atoms with Crippen LogP contribution in [-0.2, 0) is 4.79 Å². The van der Waals surface area contributed by atoms with Gasteiger partial charge in [-0.2, -0.15) is 0 Å². The van der Waals surface area contributed by atoms with E-state index in [0.717, 1.165) is 59.1 Å². The van der Waals surface area contributed by atoms with E-state index in [-0.39, 0.29) is 11.3 Å². The first-order valence-electron chi connectivity index (χ1n) is 10.4. The van der Waals surface area contributed by atoms with E-state index in [1.165, 1.54) is 19.3 Å². The first-order valence-corrected chi connectivity index (χ1v) is 11.2. The SMILES string of the molecule is C=CCNc1nc(-c2ccc(NC(=O)C34CC5CC(CC(C5)C3)C4)cc2)cs1. The lowest BCUT2D eigenvalue weighted by molar-refractivity contribution is -0.140. The summed E-state index contributed by atoms with van der Waals surface area (Å²) in [6, 6.07) is 8.09. The van der Waals surface area contributed by atoms with Gasteiger partial charge in [0.2, 0.25) is 5.91 Å². The second-order valence-corrected chi connectivity index (χ2v) is 9.79. The Hall–Kier alpha value is -2.14. The van der Waals surface area contributed by atoms with Crippen molar-refractivity contribution in [2.75, 3.05) is 17.2 Å². The van der Waals surface area contributed by atoms with Gasteiger partial charge in [-0.05, 0) is 68.4 Å². The lowest BCUT2D eigenvalue weighted by atomic mass is 9.49. The topological polar surface area (TPSA) is 54.0 Å². The number of nitrogens with one attached hydrogen (secondary N) is 2. The minimum absolute atomic E-state index is 0.103. The second-order valence-electron chi connectivity index (χ2n) is 8.94. The lowest BCUT2D eigenvalue weighted by Gasteiger charge is -2.55. The Kier molecular flexibility index (Phi) is 4.50. The molecule has 0 aliphatic heterocycles. The van der Waals surface area contributed by atoms with Crippen molar-refractivity contribution in [2.24, 2.45) is 23.2 Å². The van der Waals surface area contributed by atoms with E-state index in [4.69, 9.17) is 0 Å². The van der Waals surface area contributed by atoms with Gasteiger partial charge in [0, 0.05) is 23.2 Å². The fourth-order valence-corrected chi connectivity index (χ4v) is 6.75. The number of amides is 1. The highest BCUT2D eigenvalue weighted by atomic mass is 32.1. The third-order valence-electron chi connectivity index (χ3n) is 6.86. The molecule has 28 heavy (non-hydrogen) atoms. The zero-order valence-electron chi connectivity index (χ0n) is 16.1.